The van der Waals surface area contributed by atoms with Crippen LogP contribution in [0.3, 0.4) is 0 Å². The molecule has 1 saturated heterocycles. The fraction of sp³-hybridized carbons (Fsp3) is 0.692. The van der Waals surface area contributed by atoms with Crippen LogP contribution in [0.2, 0.25) is 0 Å². The van der Waals surface area contributed by atoms with Crippen molar-refractivity contribution < 1.29 is 4.74 Å². The van der Waals surface area contributed by atoms with Crippen LogP contribution in [-0.2, 0) is 11.2 Å². The van der Waals surface area contributed by atoms with Gasteiger partial charge in [-0.1, -0.05) is 0 Å². The Labute approximate surface area is 141 Å². The molecule has 2 N–H and O–H groups in total. The van der Waals surface area contributed by atoms with Gasteiger partial charge in [-0.05, 0) is 19.8 Å². The van der Waals surface area contributed by atoms with Gasteiger partial charge in [0, 0.05) is 44.2 Å². The first-order chi connectivity index (χ1) is 9.28. The number of nitrogens with one attached hydrogen (secondary N) is 2. The molecule has 0 aliphatic carbocycles. The molecule has 114 valence electrons. The van der Waals surface area contributed by atoms with Crippen LogP contribution in [-0.4, -0.2) is 43.8 Å². The first-order valence-electron chi connectivity index (χ1n) is 6.75. The Morgan fingerprint density at radius 1 is 1.55 bits per heavy atom. The van der Waals surface area contributed by atoms with E-state index in [9.17, 15) is 0 Å². The summed E-state index contributed by atoms with van der Waals surface area (Å²) in [5.41, 5.74) is 0. The smallest absolute Gasteiger partial charge is 0.191 e. The van der Waals surface area contributed by atoms with Crippen LogP contribution in [0.5, 0.6) is 0 Å². The van der Waals surface area contributed by atoms with E-state index < -0.39 is 0 Å². The number of thiazole rings is 1. The predicted octanol–water partition coefficient (Wildman–Crippen LogP) is 1.96. The van der Waals surface area contributed by atoms with Gasteiger partial charge in [0.2, 0.25) is 0 Å². The molecular weight excluding hydrogens is 387 g/mol. The Morgan fingerprint density at radius 3 is 3.00 bits per heavy atom. The van der Waals surface area contributed by atoms with E-state index in [4.69, 9.17) is 4.74 Å². The molecule has 0 radical (unpaired) electrons. The van der Waals surface area contributed by atoms with Gasteiger partial charge in [0.05, 0.1) is 11.1 Å². The summed E-state index contributed by atoms with van der Waals surface area (Å²) in [6.07, 6.45) is 5.49. The van der Waals surface area contributed by atoms with Crippen molar-refractivity contribution in [3.05, 3.63) is 16.1 Å². The van der Waals surface area contributed by atoms with E-state index in [-0.39, 0.29) is 24.0 Å². The first-order valence-corrected chi connectivity index (χ1v) is 7.57. The van der Waals surface area contributed by atoms with Crippen LogP contribution < -0.4 is 10.6 Å². The van der Waals surface area contributed by atoms with E-state index in [2.05, 4.69) is 27.5 Å². The zero-order valence-corrected chi connectivity index (χ0v) is 15.2. The van der Waals surface area contributed by atoms with E-state index in [1.165, 1.54) is 16.3 Å². The highest BCUT2D eigenvalue weighted by Crippen LogP contribution is 2.11. The van der Waals surface area contributed by atoms with Gasteiger partial charge in [0.1, 0.15) is 0 Å². The molecule has 0 bridgehead atoms. The number of ether oxygens (including phenoxy) is 1. The van der Waals surface area contributed by atoms with Gasteiger partial charge in [-0.25, -0.2) is 4.98 Å². The maximum Gasteiger partial charge on any atom is 0.191 e. The Bertz CT molecular complexity index is 418. The summed E-state index contributed by atoms with van der Waals surface area (Å²) >= 11 is 1.75. The summed E-state index contributed by atoms with van der Waals surface area (Å²) in [6, 6.07) is 0. The van der Waals surface area contributed by atoms with Crippen LogP contribution in [0.15, 0.2) is 11.2 Å². The third kappa shape index (κ3) is 5.92. The molecule has 20 heavy (non-hydrogen) atoms. The van der Waals surface area contributed by atoms with Gasteiger partial charge < -0.3 is 15.4 Å². The quantitative estimate of drug-likeness (QED) is 0.443. The summed E-state index contributed by atoms with van der Waals surface area (Å²) in [6.45, 7) is 4.65. The maximum atomic E-state index is 5.57. The standard InChI is InChI=1S/C13H22N4OS.HI/c1-10-8-16-12(19-10)5-6-15-13(14-2)17-9-11-4-3-7-18-11;/h8,11H,3-7,9H2,1-2H3,(H2,14,15,17);1H. The molecule has 1 aromatic heterocycles. The number of aryl methyl sites for hydroxylation is 1. The molecule has 2 heterocycles. The minimum Gasteiger partial charge on any atom is -0.376 e. The van der Waals surface area contributed by atoms with Crippen molar-refractivity contribution in [1.29, 1.82) is 0 Å². The Kier molecular flexibility index (Phi) is 8.39. The zero-order chi connectivity index (χ0) is 13.5. The van der Waals surface area contributed by atoms with Crippen molar-refractivity contribution in [1.82, 2.24) is 15.6 Å². The number of nitrogens with zero attached hydrogens (tertiary/aromatic N) is 2. The maximum absolute atomic E-state index is 5.57. The van der Waals surface area contributed by atoms with E-state index >= 15 is 0 Å². The van der Waals surface area contributed by atoms with Crippen LogP contribution in [0, 0.1) is 6.92 Å². The Hall–Kier alpha value is -0.410. The molecule has 0 spiro atoms. The number of rotatable bonds is 5. The summed E-state index contributed by atoms with van der Waals surface area (Å²) in [7, 11) is 1.79. The zero-order valence-electron chi connectivity index (χ0n) is 12.0. The van der Waals surface area contributed by atoms with Crippen molar-refractivity contribution in [3.63, 3.8) is 0 Å². The number of guanidine groups is 1. The van der Waals surface area contributed by atoms with Crippen molar-refractivity contribution in [3.8, 4) is 0 Å². The molecule has 1 unspecified atom stereocenters. The largest absolute Gasteiger partial charge is 0.376 e. The lowest BCUT2D eigenvalue weighted by Crippen LogP contribution is -2.41. The molecular formula is C13H23IN4OS. The molecule has 2 rings (SSSR count). The van der Waals surface area contributed by atoms with Crippen molar-refractivity contribution in [2.75, 3.05) is 26.7 Å². The fourth-order valence-electron chi connectivity index (χ4n) is 2.04. The predicted molar refractivity (Wildman–Crippen MR) is 94.3 cm³/mol. The van der Waals surface area contributed by atoms with Crippen molar-refractivity contribution in [2.45, 2.75) is 32.3 Å². The van der Waals surface area contributed by atoms with Crippen LogP contribution >= 0.6 is 35.3 Å². The van der Waals surface area contributed by atoms with E-state index in [1.54, 1.807) is 18.4 Å². The number of hydrogen-bond donors (Lipinski definition) is 2. The van der Waals surface area contributed by atoms with E-state index in [0.29, 0.717) is 6.10 Å². The average molecular weight is 410 g/mol. The summed E-state index contributed by atoms with van der Waals surface area (Å²) in [5.74, 6) is 0.837. The average Bonchev–Trinajstić information content (AvgIpc) is 3.05. The molecule has 0 aromatic carbocycles. The van der Waals surface area contributed by atoms with Gasteiger partial charge >= 0.3 is 0 Å². The number of halogens is 1. The summed E-state index contributed by atoms with van der Waals surface area (Å²) < 4.78 is 5.57. The van der Waals surface area contributed by atoms with E-state index in [0.717, 1.165) is 38.5 Å². The van der Waals surface area contributed by atoms with Gasteiger partial charge in [-0.2, -0.15) is 0 Å². The first kappa shape index (κ1) is 17.6. The third-order valence-corrected chi connectivity index (χ3v) is 4.02. The summed E-state index contributed by atoms with van der Waals surface area (Å²) in [5, 5.41) is 7.77. The van der Waals surface area contributed by atoms with Crippen LogP contribution in [0.25, 0.3) is 0 Å². The second kappa shape index (κ2) is 9.51. The number of aromatic nitrogens is 1. The topological polar surface area (TPSA) is 58.5 Å². The Balaban J connectivity index is 0.00000200. The monoisotopic (exact) mass is 410 g/mol. The minimum absolute atomic E-state index is 0. The lowest BCUT2D eigenvalue weighted by atomic mass is 10.2. The van der Waals surface area contributed by atoms with Crippen LogP contribution in [0.4, 0.5) is 0 Å². The van der Waals surface area contributed by atoms with Crippen molar-refractivity contribution >= 4 is 41.3 Å². The SMILES string of the molecule is CN=C(NCCc1ncc(C)s1)NCC1CCCO1.I. The summed E-state index contributed by atoms with van der Waals surface area (Å²) in [4.78, 5) is 9.81. The highest BCUT2D eigenvalue weighted by atomic mass is 127. The molecule has 1 aliphatic heterocycles. The van der Waals surface area contributed by atoms with Gasteiger partial charge in [0.15, 0.2) is 5.96 Å². The third-order valence-electron chi connectivity index (χ3n) is 3.05. The molecule has 5 nitrogen and oxygen atoms in total. The second-order valence-electron chi connectivity index (χ2n) is 4.63. The van der Waals surface area contributed by atoms with Crippen LogP contribution in [0.1, 0.15) is 22.7 Å². The molecule has 7 heteroatoms. The Morgan fingerprint density at radius 2 is 2.40 bits per heavy atom. The van der Waals surface area contributed by atoms with Gasteiger partial charge in [-0.3, -0.25) is 4.99 Å². The van der Waals surface area contributed by atoms with Crippen molar-refractivity contribution in [2.24, 2.45) is 4.99 Å². The van der Waals surface area contributed by atoms with Gasteiger partial charge in [0.25, 0.3) is 0 Å². The lowest BCUT2D eigenvalue weighted by Gasteiger charge is -2.14. The van der Waals surface area contributed by atoms with Gasteiger partial charge in [-0.15, -0.1) is 35.3 Å². The number of hydrogen-bond acceptors (Lipinski definition) is 4. The molecule has 1 aromatic rings. The normalized spacial score (nSPS) is 18.7. The molecule has 1 fully saturated rings. The molecule has 1 aliphatic rings. The fourth-order valence-corrected chi connectivity index (χ4v) is 2.83. The minimum atomic E-state index is 0. The number of aliphatic imine (C=N–C) groups is 1. The lowest BCUT2D eigenvalue weighted by molar-refractivity contribution is 0.114. The molecule has 0 saturated carbocycles. The second-order valence-corrected chi connectivity index (χ2v) is 5.95. The highest BCUT2D eigenvalue weighted by Gasteiger charge is 2.15. The molecule has 1 atom stereocenters. The molecule has 0 amide bonds. The highest BCUT2D eigenvalue weighted by molar-refractivity contribution is 14.0. The van der Waals surface area contributed by atoms with E-state index in [1.807, 2.05) is 6.20 Å².